The largest absolute Gasteiger partial charge is 0.365 e. The molecular weight excluding hydrogens is 238 g/mol. The summed E-state index contributed by atoms with van der Waals surface area (Å²) < 4.78 is 0. The van der Waals surface area contributed by atoms with E-state index in [1.807, 2.05) is 0 Å². The van der Waals surface area contributed by atoms with Gasteiger partial charge in [-0.25, -0.2) is 0 Å². The van der Waals surface area contributed by atoms with Crippen molar-refractivity contribution in [2.75, 3.05) is 26.7 Å². The summed E-state index contributed by atoms with van der Waals surface area (Å²) in [5.74, 6) is 0. The zero-order valence-corrected chi connectivity index (χ0v) is 12.0. The second-order valence-electron chi connectivity index (χ2n) is 6.36. The van der Waals surface area contributed by atoms with Gasteiger partial charge in [0.1, 0.15) is 0 Å². The molecule has 1 aliphatic carbocycles. The summed E-state index contributed by atoms with van der Waals surface area (Å²) in [6.45, 7) is 3.24. The average Bonchev–Trinajstić information content (AvgIpc) is 2.84. The van der Waals surface area contributed by atoms with Gasteiger partial charge in [-0.15, -0.1) is 0 Å². The van der Waals surface area contributed by atoms with Crippen molar-refractivity contribution in [3.63, 3.8) is 0 Å². The molecule has 2 N–H and O–H groups in total. The molecule has 3 aliphatic rings. The van der Waals surface area contributed by atoms with Crippen molar-refractivity contribution in [1.29, 1.82) is 0 Å². The number of aliphatic hydroxyl groups excluding tert-OH is 1. The van der Waals surface area contributed by atoms with Crippen LogP contribution >= 0.6 is 0 Å². The van der Waals surface area contributed by atoms with Crippen LogP contribution in [-0.4, -0.2) is 60.0 Å². The predicted molar refractivity (Wildman–Crippen MR) is 76.7 cm³/mol. The number of rotatable bonds is 4. The number of hydrogen-bond acceptors (Lipinski definition) is 4. The standard InChI is InChI=1S/C15H27N3O/c1-17-10-7-12(8-11-17)14-6-3-9-18(14)15(19)16-13-4-2-5-13/h7,13-16,19H,2-6,8-11H2,1H3/t14-,15?/m0/s1. The number of nitrogens with one attached hydrogen (secondary N) is 1. The fourth-order valence-electron chi connectivity index (χ4n) is 3.45. The number of likely N-dealkylation sites (N-methyl/N-ethyl adjacent to an activating group) is 1. The molecule has 0 spiro atoms. The highest BCUT2D eigenvalue weighted by atomic mass is 16.3. The van der Waals surface area contributed by atoms with Crippen LogP contribution in [0.1, 0.15) is 38.5 Å². The molecule has 0 aromatic heterocycles. The molecule has 108 valence electrons. The molecule has 1 saturated carbocycles. The van der Waals surface area contributed by atoms with Gasteiger partial charge in [0.15, 0.2) is 6.35 Å². The molecule has 1 saturated heterocycles. The molecule has 0 radical (unpaired) electrons. The minimum atomic E-state index is -0.446. The SMILES string of the molecule is CN1CC=C([C@@H]2CCCN2C(O)NC2CCC2)CC1. The molecule has 4 nitrogen and oxygen atoms in total. The van der Waals surface area contributed by atoms with Crippen LogP contribution in [0.15, 0.2) is 11.6 Å². The van der Waals surface area contributed by atoms with Crippen molar-refractivity contribution in [2.45, 2.75) is 57.0 Å². The molecule has 2 atom stereocenters. The van der Waals surface area contributed by atoms with Crippen molar-refractivity contribution >= 4 is 0 Å². The first kappa shape index (κ1) is 13.6. The van der Waals surface area contributed by atoms with E-state index in [0.717, 1.165) is 26.1 Å². The summed E-state index contributed by atoms with van der Waals surface area (Å²) in [4.78, 5) is 4.63. The minimum Gasteiger partial charge on any atom is -0.365 e. The van der Waals surface area contributed by atoms with Crippen LogP contribution in [0, 0.1) is 0 Å². The Hall–Kier alpha value is -0.420. The van der Waals surface area contributed by atoms with E-state index in [0.29, 0.717) is 12.1 Å². The third-order valence-electron chi connectivity index (χ3n) is 4.97. The first-order chi connectivity index (χ1) is 9.24. The van der Waals surface area contributed by atoms with Gasteiger partial charge in [0, 0.05) is 31.7 Å². The van der Waals surface area contributed by atoms with E-state index in [9.17, 15) is 5.11 Å². The molecule has 0 bridgehead atoms. The lowest BCUT2D eigenvalue weighted by molar-refractivity contribution is -0.0387. The Bertz CT molecular complexity index is 340. The molecule has 1 unspecified atom stereocenters. The Balaban J connectivity index is 1.60. The summed E-state index contributed by atoms with van der Waals surface area (Å²) in [5, 5.41) is 13.8. The Labute approximate surface area is 116 Å². The van der Waals surface area contributed by atoms with Crippen molar-refractivity contribution in [1.82, 2.24) is 15.1 Å². The Morgan fingerprint density at radius 3 is 2.74 bits per heavy atom. The summed E-state index contributed by atoms with van der Waals surface area (Å²) in [6, 6.07) is 1.01. The van der Waals surface area contributed by atoms with Crippen LogP contribution < -0.4 is 5.32 Å². The Morgan fingerprint density at radius 2 is 2.11 bits per heavy atom. The number of hydrogen-bond donors (Lipinski definition) is 2. The molecule has 0 aromatic rings. The van der Waals surface area contributed by atoms with E-state index >= 15 is 0 Å². The maximum Gasteiger partial charge on any atom is 0.163 e. The lowest BCUT2D eigenvalue weighted by Gasteiger charge is -2.37. The fraction of sp³-hybridized carbons (Fsp3) is 0.867. The van der Waals surface area contributed by atoms with Gasteiger partial charge >= 0.3 is 0 Å². The number of aliphatic hydroxyl groups is 1. The van der Waals surface area contributed by atoms with Gasteiger partial charge in [0.05, 0.1) is 0 Å². The van der Waals surface area contributed by atoms with Gasteiger partial charge in [0.25, 0.3) is 0 Å². The van der Waals surface area contributed by atoms with Crippen LogP contribution in [0.4, 0.5) is 0 Å². The quantitative estimate of drug-likeness (QED) is 0.590. The van der Waals surface area contributed by atoms with E-state index < -0.39 is 6.35 Å². The third kappa shape index (κ3) is 3.02. The fourth-order valence-corrected chi connectivity index (χ4v) is 3.45. The number of nitrogens with zero attached hydrogens (tertiary/aromatic N) is 2. The van der Waals surface area contributed by atoms with Crippen LogP contribution in [0.25, 0.3) is 0 Å². The molecule has 2 fully saturated rings. The van der Waals surface area contributed by atoms with Crippen LogP contribution in [0.5, 0.6) is 0 Å². The second-order valence-corrected chi connectivity index (χ2v) is 6.36. The predicted octanol–water partition coefficient (Wildman–Crippen LogP) is 1.13. The van der Waals surface area contributed by atoms with Crippen molar-refractivity contribution in [3.8, 4) is 0 Å². The van der Waals surface area contributed by atoms with Gasteiger partial charge in [0.2, 0.25) is 0 Å². The molecular formula is C15H27N3O. The van der Waals surface area contributed by atoms with E-state index in [4.69, 9.17) is 0 Å². The van der Waals surface area contributed by atoms with Gasteiger partial charge in [-0.05, 0) is 39.2 Å². The first-order valence-corrected chi connectivity index (χ1v) is 7.81. The Morgan fingerprint density at radius 1 is 1.26 bits per heavy atom. The van der Waals surface area contributed by atoms with Crippen molar-refractivity contribution < 1.29 is 5.11 Å². The Kier molecular flexibility index (Phi) is 4.22. The van der Waals surface area contributed by atoms with Gasteiger partial charge < -0.3 is 10.0 Å². The molecule has 2 heterocycles. The highest BCUT2D eigenvalue weighted by Gasteiger charge is 2.34. The normalized spacial score (nSPS) is 32.1. The third-order valence-corrected chi connectivity index (χ3v) is 4.97. The van der Waals surface area contributed by atoms with Crippen molar-refractivity contribution in [2.24, 2.45) is 0 Å². The average molecular weight is 265 g/mol. The zero-order chi connectivity index (χ0) is 13.2. The van der Waals surface area contributed by atoms with Crippen LogP contribution in [0.2, 0.25) is 0 Å². The number of likely N-dealkylation sites (tertiary alicyclic amines) is 1. The van der Waals surface area contributed by atoms with Gasteiger partial charge in [-0.3, -0.25) is 10.2 Å². The lowest BCUT2D eigenvalue weighted by Crippen LogP contribution is -2.53. The maximum absolute atomic E-state index is 10.4. The summed E-state index contributed by atoms with van der Waals surface area (Å²) in [5.41, 5.74) is 1.55. The monoisotopic (exact) mass is 265 g/mol. The molecule has 0 amide bonds. The smallest absolute Gasteiger partial charge is 0.163 e. The molecule has 0 aromatic carbocycles. The minimum absolute atomic E-state index is 0.446. The molecule has 3 rings (SSSR count). The highest BCUT2D eigenvalue weighted by molar-refractivity contribution is 5.16. The zero-order valence-electron chi connectivity index (χ0n) is 12.0. The second kappa shape index (κ2) is 5.92. The maximum atomic E-state index is 10.4. The van der Waals surface area contributed by atoms with E-state index in [1.54, 1.807) is 5.57 Å². The first-order valence-electron chi connectivity index (χ1n) is 7.81. The van der Waals surface area contributed by atoms with Gasteiger partial charge in [-0.1, -0.05) is 18.1 Å². The van der Waals surface area contributed by atoms with Crippen molar-refractivity contribution in [3.05, 3.63) is 11.6 Å². The van der Waals surface area contributed by atoms with Crippen LogP contribution in [0.3, 0.4) is 0 Å². The topological polar surface area (TPSA) is 38.7 Å². The lowest BCUT2D eigenvalue weighted by atomic mass is 9.93. The summed E-state index contributed by atoms with van der Waals surface area (Å²) in [6.07, 6.45) is 9.27. The molecule has 4 heteroatoms. The van der Waals surface area contributed by atoms with E-state index in [1.165, 1.54) is 32.1 Å². The van der Waals surface area contributed by atoms with Crippen LogP contribution in [-0.2, 0) is 0 Å². The summed E-state index contributed by atoms with van der Waals surface area (Å²) in [7, 11) is 2.17. The highest BCUT2D eigenvalue weighted by Crippen LogP contribution is 2.29. The summed E-state index contributed by atoms with van der Waals surface area (Å²) >= 11 is 0. The molecule has 2 aliphatic heterocycles. The van der Waals surface area contributed by atoms with E-state index in [2.05, 4.69) is 28.2 Å². The van der Waals surface area contributed by atoms with Gasteiger partial charge in [-0.2, -0.15) is 0 Å². The van der Waals surface area contributed by atoms with E-state index in [-0.39, 0.29) is 0 Å². The molecule has 19 heavy (non-hydrogen) atoms.